The van der Waals surface area contributed by atoms with E-state index in [2.05, 4.69) is 22.1 Å². The molecule has 0 saturated heterocycles. The number of nitrogens with one attached hydrogen (secondary N) is 1. The third-order valence-corrected chi connectivity index (χ3v) is 3.47. The van der Waals surface area contributed by atoms with E-state index in [1.54, 1.807) is 29.6 Å². The van der Waals surface area contributed by atoms with Crippen molar-refractivity contribution in [3.05, 3.63) is 45.2 Å². The van der Waals surface area contributed by atoms with Gasteiger partial charge in [-0.1, -0.05) is 23.6 Å². The largest absolute Gasteiger partial charge is 0.320 e. The average molecular weight is 292 g/mol. The lowest BCUT2D eigenvalue weighted by atomic mass is 10.3. The van der Waals surface area contributed by atoms with Crippen molar-refractivity contribution in [2.75, 3.05) is 11.9 Å². The minimum absolute atomic E-state index is 0.267. The molecule has 0 aliphatic heterocycles. The quantitative estimate of drug-likeness (QED) is 0.835. The van der Waals surface area contributed by atoms with Crippen LogP contribution in [0.5, 0.6) is 0 Å². The molecule has 2 aromatic rings. The summed E-state index contributed by atoms with van der Waals surface area (Å²) in [5.41, 5.74) is 5.85. The van der Waals surface area contributed by atoms with Crippen LogP contribution in [-0.2, 0) is 0 Å². The number of halogens is 1. The van der Waals surface area contributed by atoms with E-state index in [0.717, 1.165) is 0 Å². The van der Waals surface area contributed by atoms with E-state index in [4.69, 9.17) is 17.3 Å². The summed E-state index contributed by atoms with van der Waals surface area (Å²) in [6.45, 7) is 0.267. The van der Waals surface area contributed by atoms with Crippen LogP contribution >= 0.6 is 22.9 Å². The maximum absolute atomic E-state index is 11.9. The van der Waals surface area contributed by atoms with Gasteiger partial charge in [-0.3, -0.25) is 4.79 Å². The van der Waals surface area contributed by atoms with Crippen LogP contribution in [0.25, 0.3) is 0 Å². The normalized spacial score (nSPS) is 9.58. The van der Waals surface area contributed by atoms with Crippen LogP contribution in [-0.4, -0.2) is 17.4 Å². The zero-order valence-electron chi connectivity index (χ0n) is 9.81. The van der Waals surface area contributed by atoms with E-state index >= 15 is 0 Å². The predicted octanol–water partition coefficient (Wildman–Crippen LogP) is 2.36. The van der Waals surface area contributed by atoms with Crippen molar-refractivity contribution < 1.29 is 4.79 Å². The molecule has 0 aliphatic rings. The molecule has 0 saturated carbocycles. The number of hydrogen-bond donors (Lipinski definition) is 2. The van der Waals surface area contributed by atoms with Gasteiger partial charge in [0, 0.05) is 0 Å². The Balaban J connectivity index is 2.15. The van der Waals surface area contributed by atoms with Gasteiger partial charge in [0.2, 0.25) is 0 Å². The first kappa shape index (κ1) is 13.6. The van der Waals surface area contributed by atoms with E-state index < -0.39 is 0 Å². The molecule has 2 rings (SSSR count). The van der Waals surface area contributed by atoms with Gasteiger partial charge in [0.05, 0.1) is 11.6 Å². The number of thiophene rings is 1. The van der Waals surface area contributed by atoms with Crippen LogP contribution < -0.4 is 11.1 Å². The lowest BCUT2D eigenvalue weighted by Gasteiger charge is -2.03. The molecule has 1 amide bonds. The molecular formula is C13H10ClN3OS. The number of anilines is 1. The highest BCUT2D eigenvalue weighted by atomic mass is 35.5. The molecule has 0 aromatic carbocycles. The summed E-state index contributed by atoms with van der Waals surface area (Å²) in [5.74, 6) is 5.66. The van der Waals surface area contributed by atoms with Gasteiger partial charge in [0.15, 0.2) is 0 Å². The molecular weight excluding hydrogens is 282 g/mol. The first-order chi connectivity index (χ1) is 9.20. The Bertz CT molecular complexity index is 657. The standard InChI is InChI=1S/C13H10ClN3OS/c14-10-6-8-19-12(10)13(18)17-11-5-1-3-9(16-11)4-2-7-15/h1,3,5-6,8H,7,15H2,(H,16,17,18). The SMILES string of the molecule is NCC#Cc1cccc(NC(=O)c2sccc2Cl)n1. The van der Waals surface area contributed by atoms with Gasteiger partial charge in [-0.05, 0) is 29.5 Å². The summed E-state index contributed by atoms with van der Waals surface area (Å²) >= 11 is 7.17. The number of nitrogens with two attached hydrogens (primary N) is 1. The third-order valence-electron chi connectivity index (χ3n) is 2.13. The topological polar surface area (TPSA) is 68.0 Å². The van der Waals surface area contributed by atoms with E-state index in [9.17, 15) is 4.79 Å². The highest BCUT2D eigenvalue weighted by Crippen LogP contribution is 2.22. The first-order valence-corrected chi connectivity index (χ1v) is 6.67. The number of pyridine rings is 1. The summed E-state index contributed by atoms with van der Waals surface area (Å²) in [7, 11) is 0. The van der Waals surface area contributed by atoms with Gasteiger partial charge in [-0.2, -0.15) is 0 Å². The van der Waals surface area contributed by atoms with Crippen molar-refractivity contribution in [3.8, 4) is 11.8 Å². The molecule has 4 nitrogen and oxygen atoms in total. The van der Waals surface area contributed by atoms with Gasteiger partial charge < -0.3 is 11.1 Å². The lowest BCUT2D eigenvalue weighted by molar-refractivity contribution is 0.103. The van der Waals surface area contributed by atoms with Crippen molar-refractivity contribution >= 4 is 34.7 Å². The van der Waals surface area contributed by atoms with Gasteiger partial charge in [-0.15, -0.1) is 11.3 Å². The number of hydrogen-bond acceptors (Lipinski definition) is 4. The fraction of sp³-hybridized carbons (Fsp3) is 0.0769. The molecule has 96 valence electrons. The van der Waals surface area contributed by atoms with Crippen molar-refractivity contribution in [2.45, 2.75) is 0 Å². The van der Waals surface area contributed by atoms with Crippen LogP contribution in [0.2, 0.25) is 5.02 Å². The van der Waals surface area contributed by atoms with Crippen LogP contribution in [0.15, 0.2) is 29.6 Å². The van der Waals surface area contributed by atoms with Gasteiger partial charge >= 0.3 is 0 Å². The molecule has 2 aromatic heterocycles. The Morgan fingerprint density at radius 1 is 1.47 bits per heavy atom. The molecule has 19 heavy (non-hydrogen) atoms. The number of aromatic nitrogens is 1. The second-order valence-electron chi connectivity index (χ2n) is 3.47. The fourth-order valence-corrected chi connectivity index (χ4v) is 2.38. The smallest absolute Gasteiger partial charge is 0.268 e. The lowest BCUT2D eigenvalue weighted by Crippen LogP contribution is -2.12. The number of carbonyl (C=O) groups is 1. The minimum atomic E-state index is -0.281. The minimum Gasteiger partial charge on any atom is -0.320 e. The van der Waals surface area contributed by atoms with E-state index in [1.807, 2.05) is 0 Å². The number of nitrogens with zero attached hydrogens (tertiary/aromatic N) is 1. The Hall–Kier alpha value is -1.87. The van der Waals surface area contributed by atoms with Crippen molar-refractivity contribution in [1.29, 1.82) is 0 Å². The Kier molecular flexibility index (Phi) is 4.53. The number of amides is 1. The maximum atomic E-state index is 11.9. The van der Waals surface area contributed by atoms with Gasteiger partial charge in [0.1, 0.15) is 16.4 Å². The van der Waals surface area contributed by atoms with Crippen LogP contribution in [0.3, 0.4) is 0 Å². The van der Waals surface area contributed by atoms with E-state index in [1.165, 1.54) is 11.3 Å². The monoisotopic (exact) mass is 291 g/mol. The second kappa shape index (κ2) is 6.34. The van der Waals surface area contributed by atoms with E-state index in [0.29, 0.717) is 21.4 Å². The highest BCUT2D eigenvalue weighted by Gasteiger charge is 2.12. The Morgan fingerprint density at radius 2 is 2.32 bits per heavy atom. The van der Waals surface area contributed by atoms with Crippen LogP contribution in [0.1, 0.15) is 15.4 Å². The summed E-state index contributed by atoms with van der Waals surface area (Å²) in [6, 6.07) is 6.88. The summed E-state index contributed by atoms with van der Waals surface area (Å²) in [6.07, 6.45) is 0. The van der Waals surface area contributed by atoms with Gasteiger partial charge in [0.25, 0.3) is 5.91 Å². The molecule has 0 bridgehead atoms. The van der Waals surface area contributed by atoms with Crippen molar-refractivity contribution in [3.63, 3.8) is 0 Å². The third kappa shape index (κ3) is 3.55. The summed E-state index contributed by atoms with van der Waals surface area (Å²) < 4.78 is 0. The van der Waals surface area contributed by atoms with Crippen molar-refractivity contribution in [1.82, 2.24) is 4.98 Å². The molecule has 3 N–H and O–H groups in total. The molecule has 0 unspecified atom stereocenters. The number of rotatable bonds is 2. The van der Waals surface area contributed by atoms with E-state index in [-0.39, 0.29) is 12.5 Å². The average Bonchev–Trinajstić information content (AvgIpc) is 2.83. The van der Waals surface area contributed by atoms with Crippen molar-refractivity contribution in [2.24, 2.45) is 5.73 Å². The molecule has 2 heterocycles. The predicted molar refractivity (Wildman–Crippen MR) is 77.5 cm³/mol. The second-order valence-corrected chi connectivity index (χ2v) is 4.79. The highest BCUT2D eigenvalue weighted by molar-refractivity contribution is 7.12. The maximum Gasteiger partial charge on any atom is 0.268 e. The first-order valence-electron chi connectivity index (χ1n) is 5.41. The zero-order chi connectivity index (χ0) is 13.7. The fourth-order valence-electron chi connectivity index (χ4n) is 1.34. The molecule has 0 radical (unpaired) electrons. The molecule has 6 heteroatoms. The van der Waals surface area contributed by atoms with Gasteiger partial charge in [-0.25, -0.2) is 4.98 Å². The molecule has 0 atom stereocenters. The Labute approximate surface area is 119 Å². The molecule has 0 fully saturated rings. The van der Waals surface area contributed by atoms with Crippen LogP contribution in [0, 0.1) is 11.8 Å². The summed E-state index contributed by atoms with van der Waals surface area (Å²) in [4.78, 5) is 16.6. The summed E-state index contributed by atoms with van der Waals surface area (Å²) in [5, 5.41) is 4.87. The Morgan fingerprint density at radius 3 is 3.00 bits per heavy atom. The molecule has 0 aliphatic carbocycles. The zero-order valence-corrected chi connectivity index (χ0v) is 11.4. The van der Waals surface area contributed by atoms with Crippen LogP contribution in [0.4, 0.5) is 5.82 Å². The number of carbonyl (C=O) groups excluding carboxylic acids is 1. The molecule has 0 spiro atoms.